The van der Waals surface area contributed by atoms with Gasteiger partial charge in [-0.05, 0) is 75.7 Å². The molecular weight excluding hydrogens is 540 g/mol. The summed E-state index contributed by atoms with van der Waals surface area (Å²) in [4.78, 5) is 26.7. The van der Waals surface area contributed by atoms with Gasteiger partial charge >= 0.3 is 12.2 Å². The minimum Gasteiger partial charge on any atom is -0.491 e. The molecule has 0 saturated heterocycles. The Morgan fingerprint density at radius 2 is 1.76 bits per heavy atom. The van der Waals surface area contributed by atoms with Gasteiger partial charge in [0.25, 0.3) is 0 Å². The van der Waals surface area contributed by atoms with E-state index in [0.717, 1.165) is 28.4 Å². The predicted octanol–water partition coefficient (Wildman–Crippen LogP) is 6.83. The molecule has 1 atom stereocenters. The number of hydrogen-bond donors (Lipinski definition) is 2. The first-order valence-corrected chi connectivity index (χ1v) is 16.7. The van der Waals surface area contributed by atoms with Gasteiger partial charge in [-0.1, -0.05) is 39.0 Å². The molecule has 3 rings (SSSR count). The summed E-state index contributed by atoms with van der Waals surface area (Å²) in [5.74, 6) is 0.495. The number of nitrogens with zero attached hydrogens (tertiary/aromatic N) is 3. The van der Waals surface area contributed by atoms with Gasteiger partial charge in [0.05, 0.1) is 35.8 Å². The van der Waals surface area contributed by atoms with Gasteiger partial charge in [-0.3, -0.25) is 0 Å². The average Bonchev–Trinajstić information content (AvgIpc) is 3.27. The maximum atomic E-state index is 13.5. The van der Waals surface area contributed by atoms with Gasteiger partial charge in [0, 0.05) is 5.69 Å². The molecule has 11 heteroatoms. The Balaban J connectivity index is 1.90. The summed E-state index contributed by atoms with van der Waals surface area (Å²) in [5, 5.41) is 14.2. The van der Waals surface area contributed by atoms with Gasteiger partial charge in [0.15, 0.2) is 8.32 Å². The lowest BCUT2D eigenvalue weighted by atomic mass is 10.1. The van der Waals surface area contributed by atoms with Crippen LogP contribution in [0.4, 0.5) is 15.3 Å². The van der Waals surface area contributed by atoms with Crippen molar-refractivity contribution in [3.63, 3.8) is 0 Å². The van der Waals surface area contributed by atoms with E-state index < -0.39 is 32.2 Å². The van der Waals surface area contributed by atoms with E-state index in [0.29, 0.717) is 28.0 Å². The van der Waals surface area contributed by atoms with Crippen LogP contribution in [0.2, 0.25) is 18.1 Å². The fourth-order valence-corrected chi connectivity index (χ4v) is 7.72. The van der Waals surface area contributed by atoms with Crippen LogP contribution in [0, 0.1) is 6.92 Å². The summed E-state index contributed by atoms with van der Waals surface area (Å²) < 4.78 is 19.8. The van der Waals surface area contributed by atoms with Gasteiger partial charge in [-0.2, -0.15) is 9.78 Å². The van der Waals surface area contributed by atoms with Crippen molar-refractivity contribution in [1.82, 2.24) is 14.7 Å². The van der Waals surface area contributed by atoms with Crippen LogP contribution in [0.15, 0.2) is 42.5 Å². The predicted molar refractivity (Wildman–Crippen MR) is 163 cm³/mol. The molecule has 0 aliphatic heterocycles. The van der Waals surface area contributed by atoms with Crippen LogP contribution in [0.5, 0.6) is 5.75 Å². The second-order valence-electron chi connectivity index (χ2n) is 11.2. The Hall–Kier alpha value is -3.57. The number of carboxylic acid groups (broad SMARTS) is 1. The van der Waals surface area contributed by atoms with Crippen LogP contribution >= 0.6 is 0 Å². The highest BCUT2D eigenvalue weighted by atomic mass is 28.4. The molecule has 0 radical (unpaired) electrons. The highest BCUT2D eigenvalue weighted by molar-refractivity contribution is 6.73. The maximum absolute atomic E-state index is 13.5. The van der Waals surface area contributed by atoms with Crippen LogP contribution in [-0.2, 0) is 9.16 Å². The van der Waals surface area contributed by atoms with E-state index in [9.17, 15) is 14.7 Å². The van der Waals surface area contributed by atoms with E-state index in [-0.39, 0.29) is 19.7 Å². The summed E-state index contributed by atoms with van der Waals surface area (Å²) >= 11 is 0. The molecule has 224 valence electrons. The summed E-state index contributed by atoms with van der Waals surface area (Å²) in [5.41, 5.74) is 7.97. The smallest absolute Gasteiger partial charge is 0.432 e. The Kier molecular flexibility index (Phi) is 10.4. The fourth-order valence-electron chi connectivity index (χ4n) is 4.90. The topological polar surface area (TPSA) is 129 Å². The largest absolute Gasteiger partial charge is 0.491 e. The Labute approximate surface area is 243 Å². The summed E-state index contributed by atoms with van der Waals surface area (Å²) in [6.07, 6.45) is -2.03. The molecule has 1 unspecified atom stereocenters. The van der Waals surface area contributed by atoms with Crippen LogP contribution in [0.3, 0.4) is 0 Å². The van der Waals surface area contributed by atoms with Crippen molar-refractivity contribution in [2.24, 2.45) is 0 Å². The minimum absolute atomic E-state index is 0.150. The van der Waals surface area contributed by atoms with Crippen LogP contribution in [0.1, 0.15) is 58.9 Å². The Bertz CT molecular complexity index is 1340. The number of benzene rings is 2. The molecule has 2 aromatic carbocycles. The van der Waals surface area contributed by atoms with Crippen LogP contribution < -0.4 is 10.5 Å². The number of nitrogens with two attached hydrogens (primary N) is 1. The summed E-state index contributed by atoms with van der Waals surface area (Å²) in [6.45, 7) is 14.4. The van der Waals surface area contributed by atoms with Gasteiger partial charge < -0.3 is 29.6 Å². The van der Waals surface area contributed by atoms with E-state index >= 15 is 0 Å². The highest BCUT2D eigenvalue weighted by Crippen LogP contribution is 2.32. The second kappa shape index (κ2) is 13.4. The number of aryl methyl sites for hydroxylation is 1. The third-order valence-electron chi connectivity index (χ3n) is 7.29. The molecule has 0 saturated carbocycles. The summed E-state index contributed by atoms with van der Waals surface area (Å²) in [7, 11) is -2.06. The average molecular weight is 585 g/mol. The number of amides is 1. The Morgan fingerprint density at radius 3 is 2.34 bits per heavy atom. The number of hydrogen-bond acceptors (Lipinski definition) is 7. The first-order valence-electron chi connectivity index (χ1n) is 14.2. The number of ether oxygens (including phenoxy) is 2. The van der Waals surface area contributed by atoms with Crippen molar-refractivity contribution in [1.29, 1.82) is 0 Å². The van der Waals surface area contributed by atoms with Crippen molar-refractivity contribution in [2.45, 2.75) is 78.3 Å². The zero-order valence-corrected chi connectivity index (χ0v) is 26.3. The van der Waals surface area contributed by atoms with E-state index in [1.807, 2.05) is 45.0 Å². The van der Waals surface area contributed by atoms with Gasteiger partial charge in [-0.15, -0.1) is 0 Å². The van der Waals surface area contributed by atoms with E-state index in [1.54, 1.807) is 30.0 Å². The first kappa shape index (κ1) is 31.9. The van der Waals surface area contributed by atoms with Crippen molar-refractivity contribution >= 4 is 37.1 Å². The molecule has 1 heterocycles. The fraction of sp³-hybridized carbons (Fsp3) is 0.500. The highest BCUT2D eigenvalue weighted by Gasteiger charge is 2.35. The molecular formula is C30H44N4O6Si. The molecule has 0 spiro atoms. The SMILES string of the molecule is CC[Si](CC)(CC)OC(CN(CCOc1cccc2c1c(C)nn2C(=O)O)C(=O)OC(C)(C)C)c1cccc(N)c1. The molecule has 0 fully saturated rings. The lowest BCUT2D eigenvalue weighted by Crippen LogP contribution is -2.45. The van der Waals surface area contributed by atoms with Crippen molar-refractivity contribution in [2.75, 3.05) is 25.4 Å². The number of nitrogen functional groups attached to an aromatic ring is 1. The van der Waals surface area contributed by atoms with E-state index in [1.165, 1.54) is 0 Å². The molecule has 1 amide bonds. The number of aromatic nitrogens is 2. The molecule has 3 aromatic rings. The molecule has 0 bridgehead atoms. The third kappa shape index (κ3) is 8.01. The normalized spacial score (nSPS) is 12.8. The second-order valence-corrected chi connectivity index (χ2v) is 15.9. The Morgan fingerprint density at radius 1 is 1.10 bits per heavy atom. The lowest BCUT2D eigenvalue weighted by Gasteiger charge is -2.36. The number of anilines is 1. The van der Waals surface area contributed by atoms with Crippen molar-refractivity contribution in [3.8, 4) is 5.75 Å². The minimum atomic E-state index is -2.06. The zero-order chi connectivity index (χ0) is 30.4. The summed E-state index contributed by atoms with van der Waals surface area (Å²) in [6, 6.07) is 15.7. The van der Waals surface area contributed by atoms with E-state index in [4.69, 9.17) is 19.6 Å². The maximum Gasteiger partial charge on any atom is 0.432 e. The van der Waals surface area contributed by atoms with E-state index in [2.05, 4.69) is 25.9 Å². The monoisotopic (exact) mass is 584 g/mol. The van der Waals surface area contributed by atoms with Crippen molar-refractivity contribution in [3.05, 3.63) is 53.7 Å². The quantitative estimate of drug-likeness (QED) is 0.175. The lowest BCUT2D eigenvalue weighted by molar-refractivity contribution is 0.0131. The number of fused-ring (bicyclic) bond motifs is 1. The number of carbonyl (C=O) groups excluding carboxylic acids is 1. The van der Waals surface area contributed by atoms with Crippen LogP contribution in [-0.4, -0.2) is 65.6 Å². The molecule has 0 aliphatic carbocycles. The first-order chi connectivity index (χ1) is 19.3. The molecule has 0 aliphatic rings. The number of rotatable bonds is 12. The van der Waals surface area contributed by atoms with Crippen molar-refractivity contribution < 1.29 is 28.6 Å². The van der Waals surface area contributed by atoms with Gasteiger partial charge in [0.1, 0.15) is 18.0 Å². The molecule has 1 aromatic heterocycles. The van der Waals surface area contributed by atoms with Crippen LogP contribution in [0.25, 0.3) is 10.9 Å². The van der Waals surface area contributed by atoms with Gasteiger partial charge in [0.2, 0.25) is 0 Å². The third-order valence-corrected chi connectivity index (χ3v) is 11.9. The molecule has 41 heavy (non-hydrogen) atoms. The standard InChI is InChI=1S/C30H44N4O6Si/c1-8-41(9-2,10-3)40-26(22-13-11-14-23(31)19-22)20-33(29(37)39-30(5,6)7)17-18-38-25-16-12-15-24-27(25)21(4)32-34(24)28(35)36/h11-16,19,26H,8-10,17-18,20,31H2,1-7H3,(H,35,36). The molecule has 3 N–H and O–H groups in total. The number of carbonyl (C=O) groups is 2. The zero-order valence-electron chi connectivity index (χ0n) is 25.3. The molecule has 10 nitrogen and oxygen atoms in total. The van der Waals surface area contributed by atoms with Gasteiger partial charge in [-0.25, -0.2) is 9.59 Å².